The third kappa shape index (κ3) is 1.81. The molecule has 0 aliphatic heterocycles. The van der Waals surface area contributed by atoms with Crippen LogP contribution in [0.4, 0.5) is 0 Å². The molecule has 0 aromatic carbocycles. The molecule has 0 saturated carbocycles. The standard InChI is InChI=1S/C13H15N3O3S/c1-6-9(12(19-3)16(2)15-6)11-14-10-7(13(17)18)4-5-8(10)20-11/h7H,4-5H2,1-3H3,(H,17,18). The van der Waals surface area contributed by atoms with Crippen molar-refractivity contribution < 1.29 is 14.6 Å². The maximum absolute atomic E-state index is 11.2. The molecule has 20 heavy (non-hydrogen) atoms. The van der Waals surface area contributed by atoms with E-state index in [1.807, 2.05) is 14.0 Å². The molecular weight excluding hydrogens is 278 g/mol. The molecular formula is C13H15N3O3S. The van der Waals surface area contributed by atoms with E-state index in [0.717, 1.165) is 27.6 Å². The van der Waals surface area contributed by atoms with Gasteiger partial charge in [-0.1, -0.05) is 0 Å². The van der Waals surface area contributed by atoms with Gasteiger partial charge in [0.15, 0.2) is 0 Å². The third-order valence-electron chi connectivity index (χ3n) is 3.59. The molecule has 1 aliphatic carbocycles. The number of carboxylic acids is 1. The zero-order chi connectivity index (χ0) is 14.4. The number of carboxylic acid groups (broad SMARTS) is 1. The Morgan fingerprint density at radius 1 is 1.55 bits per heavy atom. The van der Waals surface area contributed by atoms with E-state index < -0.39 is 11.9 Å². The number of carbonyl (C=O) groups is 1. The lowest BCUT2D eigenvalue weighted by atomic mass is 10.1. The fourth-order valence-electron chi connectivity index (χ4n) is 2.69. The van der Waals surface area contributed by atoms with Crippen LogP contribution in [-0.2, 0) is 18.3 Å². The van der Waals surface area contributed by atoms with E-state index in [-0.39, 0.29) is 0 Å². The lowest BCUT2D eigenvalue weighted by Crippen LogP contribution is -2.08. The van der Waals surface area contributed by atoms with Crippen molar-refractivity contribution in [3.63, 3.8) is 0 Å². The quantitative estimate of drug-likeness (QED) is 0.936. The van der Waals surface area contributed by atoms with Crippen LogP contribution in [-0.4, -0.2) is 33.0 Å². The first-order valence-electron chi connectivity index (χ1n) is 6.33. The summed E-state index contributed by atoms with van der Waals surface area (Å²) in [6.07, 6.45) is 1.43. The van der Waals surface area contributed by atoms with Gasteiger partial charge in [0.2, 0.25) is 5.88 Å². The van der Waals surface area contributed by atoms with Crippen molar-refractivity contribution in [2.24, 2.45) is 7.05 Å². The van der Waals surface area contributed by atoms with Crippen LogP contribution in [0.25, 0.3) is 10.6 Å². The summed E-state index contributed by atoms with van der Waals surface area (Å²) >= 11 is 1.55. The van der Waals surface area contributed by atoms with Gasteiger partial charge in [-0.05, 0) is 19.8 Å². The highest BCUT2D eigenvalue weighted by Crippen LogP contribution is 2.42. The van der Waals surface area contributed by atoms with Crippen molar-refractivity contribution in [2.75, 3.05) is 7.11 Å². The first-order valence-corrected chi connectivity index (χ1v) is 7.15. The number of ether oxygens (including phenoxy) is 1. The second-order valence-electron chi connectivity index (χ2n) is 4.85. The van der Waals surface area contributed by atoms with Gasteiger partial charge in [0.1, 0.15) is 10.9 Å². The van der Waals surface area contributed by atoms with Gasteiger partial charge in [0.05, 0.1) is 24.1 Å². The summed E-state index contributed by atoms with van der Waals surface area (Å²) in [7, 11) is 3.41. The van der Waals surface area contributed by atoms with E-state index in [0.29, 0.717) is 18.0 Å². The number of nitrogens with zero attached hydrogens (tertiary/aromatic N) is 3. The number of hydrogen-bond acceptors (Lipinski definition) is 5. The first kappa shape index (κ1) is 13.1. The topological polar surface area (TPSA) is 77.2 Å². The molecule has 1 atom stereocenters. The van der Waals surface area contributed by atoms with E-state index >= 15 is 0 Å². The second-order valence-corrected chi connectivity index (χ2v) is 5.93. The van der Waals surface area contributed by atoms with Gasteiger partial charge in [0, 0.05) is 11.9 Å². The summed E-state index contributed by atoms with van der Waals surface area (Å²) in [5.74, 6) is -0.616. The summed E-state index contributed by atoms with van der Waals surface area (Å²) in [5, 5.41) is 14.4. The summed E-state index contributed by atoms with van der Waals surface area (Å²) in [6.45, 7) is 1.90. The minimum absolute atomic E-state index is 0.474. The van der Waals surface area contributed by atoms with Crippen LogP contribution in [0.15, 0.2) is 0 Å². The number of rotatable bonds is 3. The lowest BCUT2D eigenvalue weighted by Gasteiger charge is -2.03. The molecule has 0 bridgehead atoms. The Morgan fingerprint density at radius 3 is 2.95 bits per heavy atom. The van der Waals surface area contributed by atoms with Crippen molar-refractivity contribution >= 4 is 17.3 Å². The Hall–Kier alpha value is -1.89. The smallest absolute Gasteiger partial charge is 0.312 e. The fourth-order valence-corrected chi connectivity index (χ4v) is 3.92. The highest BCUT2D eigenvalue weighted by atomic mass is 32.1. The molecule has 1 aliphatic rings. The van der Waals surface area contributed by atoms with Crippen molar-refractivity contribution in [1.29, 1.82) is 0 Å². The molecule has 0 radical (unpaired) electrons. The molecule has 3 rings (SSSR count). The van der Waals surface area contributed by atoms with Crippen molar-refractivity contribution in [1.82, 2.24) is 14.8 Å². The number of hydrogen-bond donors (Lipinski definition) is 1. The molecule has 0 spiro atoms. The minimum Gasteiger partial charge on any atom is -0.481 e. The second kappa shape index (κ2) is 4.59. The fraction of sp³-hybridized carbons (Fsp3) is 0.462. The Bertz CT molecular complexity index is 689. The first-order chi connectivity index (χ1) is 9.52. The monoisotopic (exact) mass is 293 g/mol. The van der Waals surface area contributed by atoms with Crippen LogP contribution in [0.5, 0.6) is 5.88 Å². The molecule has 6 nitrogen and oxygen atoms in total. The molecule has 2 aromatic heterocycles. The van der Waals surface area contributed by atoms with Crippen LogP contribution in [0.2, 0.25) is 0 Å². The number of fused-ring (bicyclic) bond motifs is 1. The normalized spacial score (nSPS) is 17.2. The van der Waals surface area contributed by atoms with Gasteiger partial charge < -0.3 is 9.84 Å². The van der Waals surface area contributed by atoms with Gasteiger partial charge in [-0.15, -0.1) is 11.3 Å². The van der Waals surface area contributed by atoms with E-state index in [4.69, 9.17) is 4.74 Å². The minimum atomic E-state index is -0.796. The average molecular weight is 293 g/mol. The Morgan fingerprint density at radius 2 is 2.30 bits per heavy atom. The molecule has 0 fully saturated rings. The average Bonchev–Trinajstić information content (AvgIpc) is 2.99. The number of aryl methyl sites for hydroxylation is 3. The highest BCUT2D eigenvalue weighted by molar-refractivity contribution is 7.15. The lowest BCUT2D eigenvalue weighted by molar-refractivity contribution is -0.138. The number of methoxy groups -OCH3 is 1. The SMILES string of the molecule is COc1c(-c2nc3c(s2)CCC3C(=O)O)c(C)nn1C. The molecule has 106 valence electrons. The van der Waals surface area contributed by atoms with Gasteiger partial charge in [0.25, 0.3) is 0 Å². The van der Waals surface area contributed by atoms with Crippen LogP contribution >= 0.6 is 11.3 Å². The Labute approximate surface area is 120 Å². The van der Waals surface area contributed by atoms with Gasteiger partial charge >= 0.3 is 5.97 Å². The predicted octanol–water partition coefficient (Wildman–Crippen LogP) is 1.98. The zero-order valence-corrected chi connectivity index (χ0v) is 12.3. The van der Waals surface area contributed by atoms with Crippen LogP contribution in [0.1, 0.15) is 28.6 Å². The number of aromatic nitrogens is 3. The number of thiazole rings is 1. The summed E-state index contributed by atoms with van der Waals surface area (Å²) < 4.78 is 7.05. The predicted molar refractivity (Wildman–Crippen MR) is 74.3 cm³/mol. The van der Waals surface area contributed by atoms with Crippen molar-refractivity contribution in [3.8, 4) is 16.5 Å². The van der Waals surface area contributed by atoms with Gasteiger partial charge in [-0.2, -0.15) is 5.10 Å². The van der Waals surface area contributed by atoms with Crippen LogP contribution in [0, 0.1) is 6.92 Å². The van der Waals surface area contributed by atoms with Gasteiger partial charge in [-0.3, -0.25) is 4.79 Å². The third-order valence-corrected chi connectivity index (χ3v) is 4.74. The number of aliphatic carboxylic acids is 1. The molecule has 0 amide bonds. The maximum Gasteiger partial charge on any atom is 0.312 e. The van der Waals surface area contributed by atoms with Crippen LogP contribution < -0.4 is 4.74 Å². The van der Waals surface area contributed by atoms with Crippen LogP contribution in [0.3, 0.4) is 0 Å². The Kier molecular flexibility index (Phi) is 3.01. The summed E-state index contributed by atoms with van der Waals surface area (Å²) in [6, 6.07) is 0. The maximum atomic E-state index is 11.2. The molecule has 0 saturated heterocycles. The van der Waals surface area contributed by atoms with Crippen molar-refractivity contribution in [3.05, 3.63) is 16.3 Å². The van der Waals surface area contributed by atoms with E-state index in [9.17, 15) is 9.90 Å². The highest BCUT2D eigenvalue weighted by Gasteiger charge is 2.33. The van der Waals surface area contributed by atoms with Crippen molar-refractivity contribution in [2.45, 2.75) is 25.7 Å². The van der Waals surface area contributed by atoms with E-state index in [2.05, 4.69) is 10.1 Å². The molecule has 2 heterocycles. The van der Waals surface area contributed by atoms with Gasteiger partial charge in [-0.25, -0.2) is 9.67 Å². The molecule has 1 N–H and O–H groups in total. The molecule has 1 unspecified atom stereocenters. The Balaban J connectivity index is 2.10. The molecule has 7 heteroatoms. The summed E-state index contributed by atoms with van der Waals surface area (Å²) in [5.41, 5.74) is 2.41. The summed E-state index contributed by atoms with van der Waals surface area (Å²) in [4.78, 5) is 16.8. The largest absolute Gasteiger partial charge is 0.481 e. The van der Waals surface area contributed by atoms with E-state index in [1.165, 1.54) is 0 Å². The zero-order valence-electron chi connectivity index (χ0n) is 11.5. The van der Waals surface area contributed by atoms with E-state index in [1.54, 1.807) is 23.1 Å². The molecule has 2 aromatic rings.